The summed E-state index contributed by atoms with van der Waals surface area (Å²) < 4.78 is 17.9. The molecule has 0 fully saturated rings. The highest BCUT2D eigenvalue weighted by Crippen LogP contribution is 2.51. The predicted octanol–water partition coefficient (Wildman–Crippen LogP) is 4.71. The molecule has 0 radical (unpaired) electrons. The summed E-state index contributed by atoms with van der Waals surface area (Å²) in [7, 11) is 7.56. The van der Waals surface area contributed by atoms with E-state index in [1.807, 2.05) is 70.0 Å². The van der Waals surface area contributed by atoms with Gasteiger partial charge in [0.05, 0.1) is 16.3 Å². The quantitative estimate of drug-likeness (QED) is 0.413. The van der Waals surface area contributed by atoms with Crippen molar-refractivity contribution in [2.24, 2.45) is 0 Å². The van der Waals surface area contributed by atoms with E-state index in [0.717, 1.165) is 11.4 Å². The highest BCUT2D eigenvalue weighted by atomic mass is 16.5. The molecule has 0 spiro atoms. The normalized spacial score (nSPS) is 18.6. The molecule has 4 aromatic rings. The van der Waals surface area contributed by atoms with Gasteiger partial charge < -0.3 is 28.5 Å². The maximum Gasteiger partial charge on any atom is 0.347 e. The highest BCUT2D eigenvalue weighted by Gasteiger charge is 2.49. The molecule has 8 heteroatoms. The van der Waals surface area contributed by atoms with Crippen molar-refractivity contribution in [3.8, 4) is 11.5 Å². The van der Waals surface area contributed by atoms with Crippen LogP contribution in [0.3, 0.4) is 0 Å². The number of anilines is 2. The number of nitrogens with zero attached hydrogens (tertiary/aromatic N) is 2. The van der Waals surface area contributed by atoms with Crippen LogP contribution in [0.15, 0.2) is 54.8 Å². The minimum absolute atomic E-state index is 0.0256. The molecule has 0 bridgehead atoms. The van der Waals surface area contributed by atoms with Gasteiger partial charge in [0.1, 0.15) is 33.8 Å². The van der Waals surface area contributed by atoms with E-state index in [2.05, 4.69) is 0 Å². The van der Waals surface area contributed by atoms with Crippen LogP contribution in [0.2, 0.25) is 0 Å². The van der Waals surface area contributed by atoms with Gasteiger partial charge in [0.2, 0.25) is 0 Å². The van der Waals surface area contributed by atoms with Crippen LogP contribution in [0.25, 0.3) is 21.9 Å². The summed E-state index contributed by atoms with van der Waals surface area (Å²) in [4.78, 5) is 30.2. The highest BCUT2D eigenvalue weighted by molar-refractivity contribution is 5.89. The van der Waals surface area contributed by atoms with Gasteiger partial charge in [-0.15, -0.1) is 0 Å². The molecule has 0 unspecified atom stereocenters. The third kappa shape index (κ3) is 3.51. The van der Waals surface area contributed by atoms with Crippen molar-refractivity contribution in [3.63, 3.8) is 0 Å². The fourth-order valence-corrected chi connectivity index (χ4v) is 5.38. The second-order valence-electron chi connectivity index (χ2n) is 10.8. The lowest BCUT2D eigenvalue weighted by Crippen LogP contribution is -2.46. The second kappa shape index (κ2) is 7.78. The summed E-state index contributed by atoms with van der Waals surface area (Å²) in [5, 5.41) is 12.4. The van der Waals surface area contributed by atoms with E-state index in [-0.39, 0.29) is 23.3 Å². The van der Waals surface area contributed by atoms with Gasteiger partial charge >= 0.3 is 11.3 Å². The second-order valence-corrected chi connectivity index (χ2v) is 10.8. The van der Waals surface area contributed by atoms with E-state index in [1.54, 1.807) is 25.1 Å². The molecule has 5 rings (SSSR count). The lowest BCUT2D eigenvalue weighted by atomic mass is 9.71. The minimum Gasteiger partial charge on any atom is -0.506 e. The zero-order valence-corrected chi connectivity index (χ0v) is 21.6. The van der Waals surface area contributed by atoms with E-state index in [1.165, 1.54) is 0 Å². The summed E-state index contributed by atoms with van der Waals surface area (Å²) in [6.45, 7) is 5.57. The number of fused-ring (bicyclic) bond motifs is 4. The molecule has 36 heavy (non-hydrogen) atoms. The smallest absolute Gasteiger partial charge is 0.347 e. The Kier molecular flexibility index (Phi) is 5.14. The first-order chi connectivity index (χ1) is 16.8. The van der Waals surface area contributed by atoms with Crippen LogP contribution < -0.4 is 25.8 Å². The Morgan fingerprint density at radius 3 is 1.83 bits per heavy atom. The van der Waals surface area contributed by atoms with Crippen LogP contribution in [0.5, 0.6) is 11.5 Å². The lowest BCUT2D eigenvalue weighted by molar-refractivity contribution is 0.0276. The van der Waals surface area contributed by atoms with E-state index in [9.17, 15) is 14.7 Å². The van der Waals surface area contributed by atoms with E-state index in [4.69, 9.17) is 13.6 Å². The first-order valence-electron chi connectivity index (χ1n) is 11.8. The molecular formula is C28H30N2O6. The van der Waals surface area contributed by atoms with E-state index < -0.39 is 22.3 Å². The largest absolute Gasteiger partial charge is 0.506 e. The van der Waals surface area contributed by atoms with Crippen molar-refractivity contribution < 1.29 is 18.7 Å². The Balaban J connectivity index is 1.75. The van der Waals surface area contributed by atoms with Crippen LogP contribution in [0.4, 0.5) is 11.4 Å². The molecule has 8 nitrogen and oxygen atoms in total. The molecule has 188 valence electrons. The summed E-state index contributed by atoms with van der Waals surface area (Å²) in [6.07, 6.45) is 0.249. The Morgan fingerprint density at radius 1 is 0.778 bits per heavy atom. The van der Waals surface area contributed by atoms with Gasteiger partial charge in [-0.05, 0) is 31.2 Å². The fourth-order valence-electron chi connectivity index (χ4n) is 5.38. The molecule has 1 atom stereocenters. The Morgan fingerprint density at radius 2 is 1.28 bits per heavy atom. The van der Waals surface area contributed by atoms with Gasteiger partial charge in [-0.25, -0.2) is 9.59 Å². The van der Waals surface area contributed by atoms with Crippen molar-refractivity contribution >= 4 is 33.3 Å². The van der Waals surface area contributed by atoms with E-state index >= 15 is 0 Å². The average molecular weight is 491 g/mol. The third-order valence-corrected chi connectivity index (χ3v) is 7.05. The zero-order valence-electron chi connectivity index (χ0n) is 21.6. The van der Waals surface area contributed by atoms with Crippen molar-refractivity contribution in [1.29, 1.82) is 0 Å². The molecule has 0 aliphatic carbocycles. The molecular weight excluding hydrogens is 460 g/mol. The van der Waals surface area contributed by atoms with Gasteiger partial charge in [-0.2, -0.15) is 0 Å². The number of hydrogen-bond donors (Lipinski definition) is 1. The third-order valence-electron chi connectivity index (χ3n) is 7.05. The van der Waals surface area contributed by atoms with Crippen molar-refractivity contribution in [2.75, 3.05) is 38.0 Å². The first kappa shape index (κ1) is 23.8. The molecule has 2 aromatic heterocycles. The number of rotatable bonds is 3. The monoisotopic (exact) mass is 490 g/mol. The summed E-state index contributed by atoms with van der Waals surface area (Å²) >= 11 is 0. The molecule has 0 amide bonds. The minimum atomic E-state index is -1.27. The van der Waals surface area contributed by atoms with Gasteiger partial charge in [-0.1, -0.05) is 13.8 Å². The zero-order chi connectivity index (χ0) is 26.2. The lowest BCUT2D eigenvalue weighted by Gasteiger charge is -2.43. The molecule has 0 saturated heterocycles. The van der Waals surface area contributed by atoms with Crippen molar-refractivity contribution in [3.05, 3.63) is 68.4 Å². The number of aromatic hydroxyl groups is 1. The molecule has 1 aliphatic rings. The van der Waals surface area contributed by atoms with Crippen molar-refractivity contribution in [1.82, 2.24) is 0 Å². The predicted molar refractivity (Wildman–Crippen MR) is 141 cm³/mol. The van der Waals surface area contributed by atoms with Crippen LogP contribution in [-0.2, 0) is 11.0 Å². The fraction of sp³-hybridized carbons (Fsp3) is 0.357. The molecule has 1 N–H and O–H groups in total. The van der Waals surface area contributed by atoms with Crippen LogP contribution >= 0.6 is 0 Å². The van der Waals surface area contributed by atoms with Gasteiger partial charge in [-0.3, -0.25) is 0 Å². The van der Waals surface area contributed by atoms with Gasteiger partial charge in [0.25, 0.3) is 0 Å². The van der Waals surface area contributed by atoms with Crippen LogP contribution in [0.1, 0.15) is 38.3 Å². The molecule has 3 heterocycles. The van der Waals surface area contributed by atoms with Gasteiger partial charge in [0.15, 0.2) is 0 Å². The summed E-state index contributed by atoms with van der Waals surface area (Å²) in [5.74, 6) is 0.169. The Labute approximate surface area is 208 Å². The molecule has 2 aromatic carbocycles. The first-order valence-corrected chi connectivity index (χ1v) is 11.8. The Bertz CT molecular complexity index is 1650. The summed E-state index contributed by atoms with van der Waals surface area (Å²) in [5.41, 5.74) is -0.341. The number of hydrogen-bond acceptors (Lipinski definition) is 8. The average Bonchev–Trinajstić information content (AvgIpc) is 2.76. The van der Waals surface area contributed by atoms with E-state index in [0.29, 0.717) is 27.7 Å². The SMILES string of the molecule is CN(C)c1ccc2c(O)c([C@@]3(C)CC(C)(C)c4c(c5ccc(N(C)C)cc5oc4=O)O3)c(=O)oc2c1. The standard InChI is InChI=1S/C28H30N2O6/c1-27(2)14-28(3,21-23(31)17-10-8-15(29(4)5)12-19(17)34-25(21)32)36-24-18-11-9-16(30(6)7)13-20(18)35-26(33)22(24)27/h8-13,31H,14H2,1-7H3/t28-/m1/s1. The topological polar surface area (TPSA) is 96.4 Å². The van der Waals surface area contributed by atoms with Crippen LogP contribution in [-0.4, -0.2) is 33.3 Å². The number of ether oxygens (including phenoxy) is 1. The maximum atomic E-state index is 13.3. The Hall–Kier alpha value is -3.94. The maximum absolute atomic E-state index is 13.3. The number of benzene rings is 2. The van der Waals surface area contributed by atoms with Crippen molar-refractivity contribution in [2.45, 2.75) is 38.2 Å². The van der Waals surface area contributed by atoms with Gasteiger partial charge in [0, 0.05) is 63.5 Å². The summed E-state index contributed by atoms with van der Waals surface area (Å²) in [6, 6.07) is 10.8. The molecule has 1 aliphatic heterocycles. The molecule has 0 saturated carbocycles. The van der Waals surface area contributed by atoms with Crippen LogP contribution in [0, 0.1) is 0 Å².